The van der Waals surface area contributed by atoms with Crippen molar-refractivity contribution in [2.24, 2.45) is 0 Å². The van der Waals surface area contributed by atoms with Gasteiger partial charge >= 0.3 is 0 Å². The molecular weight excluding hydrogens is 300 g/mol. The van der Waals surface area contributed by atoms with Gasteiger partial charge in [-0.15, -0.1) is 0 Å². The van der Waals surface area contributed by atoms with E-state index in [-0.39, 0.29) is 6.61 Å². The van der Waals surface area contributed by atoms with E-state index in [1.807, 2.05) is 0 Å². The SMILES string of the molecule is CCC1OCC(OC2OC(CO)C(O)C(O)C2O)C(O)C1O. The van der Waals surface area contributed by atoms with Crippen molar-refractivity contribution < 1.29 is 44.8 Å². The Kier molecular flexibility index (Phi) is 6.11. The van der Waals surface area contributed by atoms with Gasteiger partial charge in [0.25, 0.3) is 0 Å². The predicted octanol–water partition coefficient (Wildman–Crippen LogP) is -3.30. The highest BCUT2D eigenvalue weighted by molar-refractivity contribution is 4.91. The molecule has 2 aliphatic heterocycles. The van der Waals surface area contributed by atoms with Crippen molar-refractivity contribution in [1.29, 1.82) is 0 Å². The van der Waals surface area contributed by atoms with E-state index in [0.29, 0.717) is 6.42 Å². The zero-order valence-electron chi connectivity index (χ0n) is 12.2. The maximum Gasteiger partial charge on any atom is 0.187 e. The van der Waals surface area contributed by atoms with Gasteiger partial charge in [-0.05, 0) is 6.42 Å². The largest absolute Gasteiger partial charge is 0.394 e. The number of aliphatic hydroxyl groups is 6. The van der Waals surface area contributed by atoms with E-state index in [1.54, 1.807) is 6.92 Å². The van der Waals surface area contributed by atoms with E-state index in [9.17, 15) is 25.5 Å². The van der Waals surface area contributed by atoms with Gasteiger partial charge in [-0.3, -0.25) is 0 Å². The summed E-state index contributed by atoms with van der Waals surface area (Å²) in [6.45, 7) is 1.21. The number of ether oxygens (including phenoxy) is 3. The number of hydrogen-bond acceptors (Lipinski definition) is 9. The summed E-state index contributed by atoms with van der Waals surface area (Å²) in [5, 5.41) is 58.3. The third-order valence-corrected chi connectivity index (χ3v) is 4.15. The molecular formula is C13H24O9. The van der Waals surface area contributed by atoms with Gasteiger partial charge in [0.15, 0.2) is 6.29 Å². The smallest absolute Gasteiger partial charge is 0.187 e. The molecule has 130 valence electrons. The van der Waals surface area contributed by atoms with Gasteiger partial charge in [-0.1, -0.05) is 6.92 Å². The molecule has 0 saturated carbocycles. The first-order valence-electron chi connectivity index (χ1n) is 7.34. The van der Waals surface area contributed by atoms with Gasteiger partial charge in [0.2, 0.25) is 0 Å². The molecule has 9 atom stereocenters. The molecule has 0 amide bonds. The van der Waals surface area contributed by atoms with Crippen LogP contribution in [0.2, 0.25) is 0 Å². The highest BCUT2D eigenvalue weighted by atomic mass is 16.7. The van der Waals surface area contributed by atoms with Crippen LogP contribution >= 0.6 is 0 Å². The second-order valence-electron chi connectivity index (χ2n) is 5.63. The molecule has 22 heavy (non-hydrogen) atoms. The first kappa shape index (κ1) is 18.0. The molecule has 0 bridgehead atoms. The molecule has 0 aromatic carbocycles. The van der Waals surface area contributed by atoms with Crippen LogP contribution in [0, 0.1) is 0 Å². The molecule has 2 aliphatic rings. The fourth-order valence-corrected chi connectivity index (χ4v) is 2.69. The first-order chi connectivity index (χ1) is 10.4. The molecule has 2 heterocycles. The monoisotopic (exact) mass is 324 g/mol. The minimum absolute atomic E-state index is 0.0221. The summed E-state index contributed by atoms with van der Waals surface area (Å²) in [4.78, 5) is 0. The molecule has 2 fully saturated rings. The number of aliphatic hydroxyl groups excluding tert-OH is 6. The Hall–Kier alpha value is -0.360. The summed E-state index contributed by atoms with van der Waals surface area (Å²) in [5.74, 6) is 0. The van der Waals surface area contributed by atoms with Crippen molar-refractivity contribution in [3.05, 3.63) is 0 Å². The van der Waals surface area contributed by atoms with Crippen LogP contribution < -0.4 is 0 Å². The van der Waals surface area contributed by atoms with E-state index in [1.165, 1.54) is 0 Å². The quantitative estimate of drug-likeness (QED) is 0.313. The molecule has 9 nitrogen and oxygen atoms in total. The normalized spacial score (nSPS) is 50.0. The van der Waals surface area contributed by atoms with Crippen LogP contribution in [0.4, 0.5) is 0 Å². The average Bonchev–Trinajstić information content (AvgIpc) is 2.52. The van der Waals surface area contributed by atoms with Crippen molar-refractivity contribution in [3.63, 3.8) is 0 Å². The molecule has 0 aliphatic carbocycles. The Morgan fingerprint density at radius 2 is 1.55 bits per heavy atom. The molecule has 0 radical (unpaired) electrons. The van der Waals surface area contributed by atoms with Crippen molar-refractivity contribution in [2.75, 3.05) is 13.2 Å². The van der Waals surface area contributed by atoms with Crippen molar-refractivity contribution in [1.82, 2.24) is 0 Å². The minimum Gasteiger partial charge on any atom is -0.394 e. The maximum absolute atomic E-state index is 10.0. The Morgan fingerprint density at radius 3 is 2.14 bits per heavy atom. The highest BCUT2D eigenvalue weighted by Crippen LogP contribution is 2.26. The zero-order chi connectivity index (χ0) is 16.4. The topological polar surface area (TPSA) is 149 Å². The van der Waals surface area contributed by atoms with Crippen molar-refractivity contribution in [3.8, 4) is 0 Å². The average molecular weight is 324 g/mol. The lowest BCUT2D eigenvalue weighted by molar-refractivity contribution is -0.331. The van der Waals surface area contributed by atoms with Crippen LogP contribution in [0.1, 0.15) is 13.3 Å². The first-order valence-corrected chi connectivity index (χ1v) is 7.34. The minimum atomic E-state index is -1.56. The molecule has 0 aromatic rings. The van der Waals surface area contributed by atoms with Gasteiger partial charge < -0.3 is 44.8 Å². The third kappa shape index (κ3) is 3.42. The van der Waals surface area contributed by atoms with Crippen LogP contribution in [-0.2, 0) is 14.2 Å². The summed E-state index contributed by atoms with van der Waals surface area (Å²) >= 11 is 0. The van der Waals surface area contributed by atoms with Gasteiger partial charge in [0.05, 0.1) is 19.3 Å². The van der Waals surface area contributed by atoms with E-state index >= 15 is 0 Å². The maximum atomic E-state index is 10.0. The molecule has 2 rings (SSSR count). The summed E-state index contributed by atoms with van der Waals surface area (Å²) in [7, 11) is 0. The third-order valence-electron chi connectivity index (χ3n) is 4.15. The van der Waals surface area contributed by atoms with Gasteiger partial charge in [-0.2, -0.15) is 0 Å². The Labute approximate surface area is 127 Å². The molecule has 0 aromatic heterocycles. The summed E-state index contributed by atoms with van der Waals surface area (Å²) in [5.41, 5.74) is 0. The lowest BCUT2D eigenvalue weighted by Gasteiger charge is -2.43. The Morgan fingerprint density at radius 1 is 0.909 bits per heavy atom. The Balaban J connectivity index is 2.00. The molecule has 2 saturated heterocycles. The fourth-order valence-electron chi connectivity index (χ4n) is 2.69. The van der Waals surface area contributed by atoms with Crippen molar-refractivity contribution in [2.45, 2.75) is 68.5 Å². The highest BCUT2D eigenvalue weighted by Gasteiger charge is 2.47. The summed E-state index contributed by atoms with van der Waals surface area (Å²) in [6, 6.07) is 0. The number of hydrogen-bond donors (Lipinski definition) is 6. The fraction of sp³-hybridized carbons (Fsp3) is 1.00. The zero-order valence-corrected chi connectivity index (χ0v) is 12.2. The van der Waals surface area contributed by atoms with Gasteiger partial charge in [0, 0.05) is 0 Å². The van der Waals surface area contributed by atoms with Crippen LogP contribution in [0.25, 0.3) is 0 Å². The van der Waals surface area contributed by atoms with Crippen LogP contribution in [0.5, 0.6) is 0 Å². The van der Waals surface area contributed by atoms with Crippen molar-refractivity contribution >= 4 is 0 Å². The molecule has 0 spiro atoms. The van der Waals surface area contributed by atoms with E-state index in [4.69, 9.17) is 19.3 Å². The standard InChI is InChI=1S/C13H24O9/c1-2-5-8(15)10(17)7(4-20-5)22-13-12(19)11(18)9(16)6(3-14)21-13/h5-19H,2-4H2,1H3. The summed E-state index contributed by atoms with van der Waals surface area (Å²) in [6.07, 6.45) is -10.4. The molecule has 9 heteroatoms. The van der Waals surface area contributed by atoms with Crippen LogP contribution in [-0.4, -0.2) is 99.0 Å². The van der Waals surface area contributed by atoms with E-state index in [2.05, 4.69) is 0 Å². The van der Waals surface area contributed by atoms with Gasteiger partial charge in [-0.25, -0.2) is 0 Å². The lowest BCUT2D eigenvalue weighted by atomic mass is 9.97. The molecule has 6 N–H and O–H groups in total. The second kappa shape index (κ2) is 7.47. The van der Waals surface area contributed by atoms with Gasteiger partial charge in [0.1, 0.15) is 42.7 Å². The number of rotatable bonds is 4. The molecule has 9 unspecified atom stereocenters. The Bertz CT molecular complexity index is 352. The van der Waals surface area contributed by atoms with Crippen LogP contribution in [0.15, 0.2) is 0 Å². The predicted molar refractivity (Wildman–Crippen MR) is 70.7 cm³/mol. The van der Waals surface area contributed by atoms with E-state index < -0.39 is 61.7 Å². The summed E-state index contributed by atoms with van der Waals surface area (Å²) < 4.78 is 15.9. The second-order valence-corrected chi connectivity index (χ2v) is 5.63. The van der Waals surface area contributed by atoms with Crippen LogP contribution in [0.3, 0.4) is 0 Å². The lowest BCUT2D eigenvalue weighted by Crippen LogP contribution is -2.62. The van der Waals surface area contributed by atoms with E-state index in [0.717, 1.165) is 0 Å².